The van der Waals surface area contributed by atoms with Crippen LogP contribution in [0.15, 0.2) is 47.1 Å². The van der Waals surface area contributed by atoms with Gasteiger partial charge in [-0.1, -0.05) is 17.7 Å². The minimum atomic E-state index is 0.283. The molecule has 22 heavy (non-hydrogen) atoms. The summed E-state index contributed by atoms with van der Waals surface area (Å²) in [6, 6.07) is 9.46. The van der Waals surface area contributed by atoms with E-state index in [2.05, 4.69) is 15.0 Å². The number of hydrogen-bond acceptors (Lipinski definition) is 4. The van der Waals surface area contributed by atoms with Crippen LogP contribution in [-0.4, -0.2) is 15.0 Å². The molecule has 4 nitrogen and oxygen atoms in total. The Labute approximate surface area is 133 Å². The van der Waals surface area contributed by atoms with Crippen LogP contribution in [0.5, 0.6) is 0 Å². The quantitative estimate of drug-likeness (QED) is 0.716. The number of rotatable bonds is 2. The van der Waals surface area contributed by atoms with E-state index in [1.807, 2.05) is 30.3 Å². The first-order valence-electron chi connectivity index (χ1n) is 7.31. The van der Waals surface area contributed by atoms with Crippen molar-refractivity contribution in [2.45, 2.75) is 25.2 Å². The van der Waals surface area contributed by atoms with Crippen molar-refractivity contribution < 1.29 is 4.42 Å². The fourth-order valence-corrected chi connectivity index (χ4v) is 3.18. The maximum absolute atomic E-state index is 6.27. The molecule has 1 aliphatic carbocycles. The van der Waals surface area contributed by atoms with E-state index in [1.54, 1.807) is 12.4 Å². The number of fused-ring (bicyclic) bond motifs is 1. The van der Waals surface area contributed by atoms with E-state index in [4.69, 9.17) is 16.0 Å². The summed E-state index contributed by atoms with van der Waals surface area (Å²) in [5, 5.41) is 0.723. The number of pyridine rings is 2. The van der Waals surface area contributed by atoms with Crippen LogP contribution >= 0.6 is 11.6 Å². The van der Waals surface area contributed by atoms with Crippen LogP contribution in [0.4, 0.5) is 0 Å². The Kier molecular flexibility index (Phi) is 3.39. The number of halogens is 1. The summed E-state index contributed by atoms with van der Waals surface area (Å²) in [5.74, 6) is 1.81. The van der Waals surface area contributed by atoms with Crippen molar-refractivity contribution >= 4 is 11.6 Å². The molecule has 0 saturated heterocycles. The van der Waals surface area contributed by atoms with Gasteiger partial charge in [-0.25, -0.2) is 4.98 Å². The zero-order valence-corrected chi connectivity index (χ0v) is 12.6. The number of nitrogens with zero attached hydrogens (tertiary/aromatic N) is 3. The molecule has 3 aromatic heterocycles. The predicted octanol–water partition coefficient (Wildman–Crippen LogP) is 4.06. The van der Waals surface area contributed by atoms with Crippen LogP contribution in [0.1, 0.15) is 29.5 Å². The van der Waals surface area contributed by atoms with Gasteiger partial charge in [-0.2, -0.15) is 0 Å². The number of aryl methyl sites for hydroxylation is 1. The van der Waals surface area contributed by atoms with Crippen LogP contribution in [0.25, 0.3) is 11.6 Å². The van der Waals surface area contributed by atoms with Crippen molar-refractivity contribution in [2.75, 3.05) is 0 Å². The van der Waals surface area contributed by atoms with Gasteiger partial charge < -0.3 is 4.42 Å². The van der Waals surface area contributed by atoms with Crippen molar-refractivity contribution in [3.63, 3.8) is 0 Å². The number of oxazole rings is 1. The zero-order chi connectivity index (χ0) is 14.9. The van der Waals surface area contributed by atoms with Crippen molar-refractivity contribution in [1.29, 1.82) is 0 Å². The molecule has 0 radical (unpaired) electrons. The Bertz CT molecular complexity index is 801. The molecule has 0 fully saturated rings. The standard InChI is InChI=1S/C17H14ClN3O/c18-12-4-3-9-20-16(12)11-6-7-13-15(10-11)22-17(21-13)14-5-1-2-8-19-14/h1-5,8-9,11H,6-7,10H2. The minimum Gasteiger partial charge on any atom is -0.440 e. The summed E-state index contributed by atoms with van der Waals surface area (Å²) in [7, 11) is 0. The molecule has 0 amide bonds. The fourth-order valence-electron chi connectivity index (χ4n) is 2.91. The average Bonchev–Trinajstić information content (AvgIpc) is 2.99. The fraction of sp³-hybridized carbons (Fsp3) is 0.235. The van der Waals surface area contributed by atoms with Crippen LogP contribution in [-0.2, 0) is 12.8 Å². The highest BCUT2D eigenvalue weighted by molar-refractivity contribution is 6.31. The van der Waals surface area contributed by atoms with E-state index < -0.39 is 0 Å². The Hall–Kier alpha value is -2.20. The maximum atomic E-state index is 6.27. The first kappa shape index (κ1) is 13.5. The molecule has 0 aliphatic heterocycles. The second kappa shape index (κ2) is 5.54. The molecular formula is C17H14ClN3O. The summed E-state index contributed by atoms with van der Waals surface area (Å²) in [6.07, 6.45) is 6.18. The monoisotopic (exact) mass is 311 g/mol. The van der Waals surface area contributed by atoms with Crippen LogP contribution in [0, 0.1) is 0 Å². The van der Waals surface area contributed by atoms with Gasteiger partial charge in [0, 0.05) is 24.7 Å². The smallest absolute Gasteiger partial charge is 0.245 e. The molecule has 3 heterocycles. The summed E-state index contributed by atoms with van der Waals surface area (Å²) in [5.41, 5.74) is 2.75. The maximum Gasteiger partial charge on any atom is 0.245 e. The Balaban J connectivity index is 1.64. The first-order chi connectivity index (χ1) is 10.8. The lowest BCUT2D eigenvalue weighted by Gasteiger charge is -2.20. The molecule has 0 N–H and O–H groups in total. The molecule has 0 spiro atoms. The Morgan fingerprint density at radius 2 is 2.00 bits per heavy atom. The largest absolute Gasteiger partial charge is 0.440 e. The molecule has 5 heteroatoms. The Morgan fingerprint density at radius 3 is 2.82 bits per heavy atom. The topological polar surface area (TPSA) is 51.8 Å². The third kappa shape index (κ3) is 2.40. The summed E-state index contributed by atoms with van der Waals surface area (Å²) >= 11 is 6.27. The van der Waals surface area contributed by atoms with Gasteiger partial charge in [-0.15, -0.1) is 0 Å². The van der Waals surface area contributed by atoms with Gasteiger partial charge >= 0.3 is 0 Å². The van der Waals surface area contributed by atoms with E-state index in [9.17, 15) is 0 Å². The van der Waals surface area contributed by atoms with Gasteiger partial charge in [0.25, 0.3) is 0 Å². The Morgan fingerprint density at radius 1 is 1.09 bits per heavy atom. The highest BCUT2D eigenvalue weighted by Gasteiger charge is 2.27. The highest BCUT2D eigenvalue weighted by Crippen LogP contribution is 2.36. The molecule has 3 aromatic rings. The van der Waals surface area contributed by atoms with E-state index in [0.717, 1.165) is 47.1 Å². The zero-order valence-electron chi connectivity index (χ0n) is 11.9. The summed E-state index contributed by atoms with van der Waals surface area (Å²) in [4.78, 5) is 13.3. The molecule has 0 bridgehead atoms. The van der Waals surface area contributed by atoms with Gasteiger partial charge in [0.1, 0.15) is 11.5 Å². The molecule has 0 aromatic carbocycles. The van der Waals surface area contributed by atoms with E-state index in [-0.39, 0.29) is 5.92 Å². The van der Waals surface area contributed by atoms with Crippen molar-refractivity contribution in [3.05, 3.63) is 64.9 Å². The van der Waals surface area contributed by atoms with Gasteiger partial charge in [-0.05, 0) is 37.1 Å². The summed E-state index contributed by atoms with van der Waals surface area (Å²) in [6.45, 7) is 0. The molecule has 1 atom stereocenters. The predicted molar refractivity (Wildman–Crippen MR) is 83.7 cm³/mol. The number of hydrogen-bond donors (Lipinski definition) is 0. The van der Waals surface area contributed by atoms with Crippen LogP contribution in [0.3, 0.4) is 0 Å². The van der Waals surface area contributed by atoms with Crippen molar-refractivity contribution in [3.8, 4) is 11.6 Å². The van der Waals surface area contributed by atoms with Gasteiger partial charge in [0.05, 0.1) is 16.4 Å². The molecule has 110 valence electrons. The first-order valence-corrected chi connectivity index (χ1v) is 7.69. The normalized spacial score (nSPS) is 17.2. The van der Waals surface area contributed by atoms with Crippen LogP contribution in [0.2, 0.25) is 5.02 Å². The van der Waals surface area contributed by atoms with Gasteiger partial charge in [0.15, 0.2) is 0 Å². The SMILES string of the molecule is Clc1cccnc1C1CCc2nc(-c3ccccn3)oc2C1. The lowest BCUT2D eigenvalue weighted by Crippen LogP contribution is -2.13. The minimum absolute atomic E-state index is 0.283. The van der Waals surface area contributed by atoms with Crippen molar-refractivity contribution in [1.82, 2.24) is 15.0 Å². The van der Waals surface area contributed by atoms with Gasteiger partial charge in [-0.3, -0.25) is 9.97 Å². The summed E-state index contributed by atoms with van der Waals surface area (Å²) < 4.78 is 5.94. The third-order valence-electron chi connectivity index (χ3n) is 4.00. The van der Waals surface area contributed by atoms with Crippen molar-refractivity contribution in [2.24, 2.45) is 0 Å². The average molecular weight is 312 g/mol. The molecule has 1 unspecified atom stereocenters. The highest BCUT2D eigenvalue weighted by atomic mass is 35.5. The number of aromatic nitrogens is 3. The third-order valence-corrected chi connectivity index (χ3v) is 4.32. The lowest BCUT2D eigenvalue weighted by atomic mass is 9.87. The molecule has 4 rings (SSSR count). The molecule has 0 saturated carbocycles. The second-order valence-corrected chi connectivity index (χ2v) is 5.82. The van der Waals surface area contributed by atoms with E-state index in [0.29, 0.717) is 5.89 Å². The van der Waals surface area contributed by atoms with E-state index >= 15 is 0 Å². The van der Waals surface area contributed by atoms with Gasteiger partial charge in [0.2, 0.25) is 5.89 Å². The molecule has 1 aliphatic rings. The second-order valence-electron chi connectivity index (χ2n) is 5.41. The van der Waals surface area contributed by atoms with Crippen LogP contribution < -0.4 is 0 Å². The molecular weight excluding hydrogens is 298 g/mol. The van der Waals surface area contributed by atoms with E-state index in [1.165, 1.54) is 0 Å². The lowest BCUT2D eigenvalue weighted by molar-refractivity contribution is 0.453.